The second-order valence-electron chi connectivity index (χ2n) is 7.04. The highest BCUT2D eigenvalue weighted by atomic mass is 19.1. The molecular weight excluding hydrogens is 261 g/mol. The number of nitrogens with one attached hydrogen (secondary N) is 1. The summed E-state index contributed by atoms with van der Waals surface area (Å²) in [5.41, 5.74) is 2.12. The second kappa shape index (κ2) is 7.40. The average molecular weight is 291 g/mol. The van der Waals surface area contributed by atoms with E-state index >= 15 is 0 Å². The molecule has 0 bridgehead atoms. The van der Waals surface area contributed by atoms with Crippen LogP contribution in [0.4, 0.5) is 4.39 Å². The van der Waals surface area contributed by atoms with Crippen molar-refractivity contribution < 1.29 is 4.39 Å². The molecular formula is C19H30FN. The lowest BCUT2D eigenvalue weighted by molar-refractivity contribution is 0.219. The van der Waals surface area contributed by atoms with Gasteiger partial charge in [-0.05, 0) is 55.7 Å². The normalized spacial score (nSPS) is 26.3. The number of hydrogen-bond donors (Lipinski definition) is 1. The van der Waals surface area contributed by atoms with Crippen molar-refractivity contribution in [3.8, 4) is 0 Å². The highest BCUT2D eigenvalue weighted by molar-refractivity contribution is 5.28. The molecule has 1 aliphatic rings. The number of benzene rings is 1. The van der Waals surface area contributed by atoms with Crippen LogP contribution in [0.1, 0.15) is 63.5 Å². The number of hydrogen-bond acceptors (Lipinski definition) is 1. The van der Waals surface area contributed by atoms with Crippen molar-refractivity contribution in [3.63, 3.8) is 0 Å². The van der Waals surface area contributed by atoms with Gasteiger partial charge < -0.3 is 5.32 Å². The Labute approximate surface area is 129 Å². The molecule has 2 rings (SSSR count). The maximum atomic E-state index is 14.3. The summed E-state index contributed by atoms with van der Waals surface area (Å²) < 4.78 is 14.3. The third kappa shape index (κ3) is 4.29. The standard InChI is InChI=1S/C19H30FN/c1-5-15-7-8-16(12-21-13(2)3)17(11-15)18-10-14(4)6-9-19(18)20/h6,9-10,13,15-17,21H,5,7-8,11-12H2,1-4H3. The van der Waals surface area contributed by atoms with Crippen molar-refractivity contribution in [3.05, 3.63) is 35.1 Å². The first kappa shape index (κ1) is 16.5. The van der Waals surface area contributed by atoms with Crippen molar-refractivity contribution in [2.75, 3.05) is 6.54 Å². The summed E-state index contributed by atoms with van der Waals surface area (Å²) in [6, 6.07) is 6.09. The van der Waals surface area contributed by atoms with Gasteiger partial charge in [0.2, 0.25) is 0 Å². The molecule has 2 heteroatoms. The van der Waals surface area contributed by atoms with Crippen LogP contribution < -0.4 is 5.32 Å². The number of halogens is 1. The van der Waals surface area contributed by atoms with Gasteiger partial charge in [-0.25, -0.2) is 4.39 Å². The van der Waals surface area contributed by atoms with E-state index in [9.17, 15) is 4.39 Å². The number of rotatable bonds is 5. The fourth-order valence-electron chi connectivity index (χ4n) is 3.65. The van der Waals surface area contributed by atoms with Crippen LogP contribution in [0.15, 0.2) is 18.2 Å². The Hall–Kier alpha value is -0.890. The molecule has 1 aliphatic carbocycles. The molecule has 0 amide bonds. The Kier molecular flexibility index (Phi) is 5.80. The predicted molar refractivity (Wildman–Crippen MR) is 88.1 cm³/mol. The van der Waals surface area contributed by atoms with Gasteiger partial charge in [-0.3, -0.25) is 0 Å². The molecule has 0 radical (unpaired) electrons. The minimum Gasteiger partial charge on any atom is -0.314 e. The average Bonchev–Trinajstić information content (AvgIpc) is 2.47. The molecule has 1 nitrogen and oxygen atoms in total. The van der Waals surface area contributed by atoms with Crippen LogP contribution in [-0.4, -0.2) is 12.6 Å². The first-order valence-corrected chi connectivity index (χ1v) is 8.50. The quantitative estimate of drug-likeness (QED) is 0.801. The molecule has 1 fully saturated rings. The molecule has 1 N–H and O–H groups in total. The highest BCUT2D eigenvalue weighted by Gasteiger charge is 2.32. The Balaban J connectivity index is 2.21. The maximum Gasteiger partial charge on any atom is 0.126 e. The van der Waals surface area contributed by atoms with Crippen LogP contribution >= 0.6 is 0 Å². The molecule has 3 atom stereocenters. The van der Waals surface area contributed by atoms with Gasteiger partial charge in [0.05, 0.1) is 0 Å². The molecule has 3 unspecified atom stereocenters. The fourth-order valence-corrected chi connectivity index (χ4v) is 3.65. The van der Waals surface area contributed by atoms with E-state index in [4.69, 9.17) is 0 Å². The van der Waals surface area contributed by atoms with Gasteiger partial charge in [-0.2, -0.15) is 0 Å². The molecule has 118 valence electrons. The molecule has 0 heterocycles. The van der Waals surface area contributed by atoms with E-state index in [0.717, 1.165) is 24.4 Å². The Morgan fingerprint density at radius 1 is 1.29 bits per heavy atom. The van der Waals surface area contributed by atoms with Crippen molar-refractivity contribution in [2.45, 2.75) is 65.3 Å². The Morgan fingerprint density at radius 2 is 2.05 bits per heavy atom. The smallest absolute Gasteiger partial charge is 0.126 e. The lowest BCUT2D eigenvalue weighted by Crippen LogP contribution is -2.35. The fraction of sp³-hybridized carbons (Fsp3) is 0.684. The summed E-state index contributed by atoms with van der Waals surface area (Å²) in [6.45, 7) is 9.69. The first-order valence-electron chi connectivity index (χ1n) is 8.50. The van der Waals surface area contributed by atoms with Crippen LogP contribution in [0, 0.1) is 24.6 Å². The van der Waals surface area contributed by atoms with Crippen molar-refractivity contribution in [1.29, 1.82) is 0 Å². The monoisotopic (exact) mass is 291 g/mol. The summed E-state index contributed by atoms with van der Waals surface area (Å²) >= 11 is 0. The molecule has 0 spiro atoms. The highest BCUT2D eigenvalue weighted by Crippen LogP contribution is 2.42. The minimum absolute atomic E-state index is 0.0168. The van der Waals surface area contributed by atoms with Crippen LogP contribution in [0.3, 0.4) is 0 Å². The molecule has 1 aromatic carbocycles. The van der Waals surface area contributed by atoms with E-state index in [1.807, 2.05) is 6.07 Å². The molecule has 1 saturated carbocycles. The van der Waals surface area contributed by atoms with E-state index < -0.39 is 0 Å². The van der Waals surface area contributed by atoms with E-state index in [1.54, 1.807) is 6.07 Å². The molecule has 0 aromatic heterocycles. The van der Waals surface area contributed by atoms with Gasteiger partial charge in [0.15, 0.2) is 0 Å². The Bertz CT molecular complexity index is 455. The van der Waals surface area contributed by atoms with E-state index in [1.165, 1.54) is 24.8 Å². The van der Waals surface area contributed by atoms with Crippen LogP contribution in [0.5, 0.6) is 0 Å². The van der Waals surface area contributed by atoms with Crippen LogP contribution in [0.25, 0.3) is 0 Å². The second-order valence-corrected chi connectivity index (χ2v) is 7.04. The third-order valence-corrected chi connectivity index (χ3v) is 5.02. The Morgan fingerprint density at radius 3 is 2.71 bits per heavy atom. The number of aryl methyl sites for hydroxylation is 1. The summed E-state index contributed by atoms with van der Waals surface area (Å²) in [6.07, 6.45) is 4.87. The summed E-state index contributed by atoms with van der Waals surface area (Å²) in [5, 5.41) is 3.56. The van der Waals surface area contributed by atoms with Crippen LogP contribution in [0.2, 0.25) is 0 Å². The zero-order valence-electron chi connectivity index (χ0n) is 14.0. The molecule has 21 heavy (non-hydrogen) atoms. The third-order valence-electron chi connectivity index (χ3n) is 5.02. The molecule has 1 aromatic rings. The van der Waals surface area contributed by atoms with Crippen molar-refractivity contribution in [2.24, 2.45) is 11.8 Å². The lowest BCUT2D eigenvalue weighted by atomic mass is 9.70. The largest absolute Gasteiger partial charge is 0.314 e. The molecule has 0 aliphatic heterocycles. The van der Waals surface area contributed by atoms with Crippen molar-refractivity contribution in [1.82, 2.24) is 5.32 Å². The van der Waals surface area contributed by atoms with E-state index in [2.05, 4.69) is 39.1 Å². The van der Waals surface area contributed by atoms with E-state index in [0.29, 0.717) is 17.9 Å². The van der Waals surface area contributed by atoms with Crippen LogP contribution in [-0.2, 0) is 0 Å². The van der Waals surface area contributed by atoms with Crippen molar-refractivity contribution >= 4 is 0 Å². The van der Waals surface area contributed by atoms with Gasteiger partial charge in [0.25, 0.3) is 0 Å². The predicted octanol–water partition coefficient (Wildman–Crippen LogP) is 5.04. The zero-order chi connectivity index (χ0) is 15.4. The van der Waals surface area contributed by atoms with E-state index in [-0.39, 0.29) is 5.82 Å². The lowest BCUT2D eigenvalue weighted by Gasteiger charge is -2.37. The first-order chi connectivity index (χ1) is 10.0. The topological polar surface area (TPSA) is 12.0 Å². The van der Waals surface area contributed by atoms with Gasteiger partial charge in [0, 0.05) is 6.04 Å². The maximum absolute atomic E-state index is 14.3. The minimum atomic E-state index is -0.0168. The molecule has 0 saturated heterocycles. The summed E-state index contributed by atoms with van der Waals surface area (Å²) in [4.78, 5) is 0. The zero-order valence-corrected chi connectivity index (χ0v) is 14.0. The SMILES string of the molecule is CCC1CCC(CNC(C)C)C(c2cc(C)ccc2F)C1. The van der Waals surface area contributed by atoms with Gasteiger partial charge in [-0.15, -0.1) is 0 Å². The van der Waals surface area contributed by atoms with Gasteiger partial charge in [-0.1, -0.05) is 51.3 Å². The van der Waals surface area contributed by atoms with Gasteiger partial charge in [0.1, 0.15) is 5.82 Å². The summed E-state index contributed by atoms with van der Waals surface area (Å²) in [7, 11) is 0. The summed E-state index contributed by atoms with van der Waals surface area (Å²) in [5.74, 6) is 1.67. The van der Waals surface area contributed by atoms with Gasteiger partial charge >= 0.3 is 0 Å².